The van der Waals surface area contributed by atoms with Crippen molar-refractivity contribution < 1.29 is 9.59 Å². The summed E-state index contributed by atoms with van der Waals surface area (Å²) >= 11 is 0. The van der Waals surface area contributed by atoms with E-state index in [4.69, 9.17) is 0 Å². The molecular formula is C27H26N4O2. The Bertz CT molecular complexity index is 1290. The fraction of sp³-hybridized carbons (Fsp3) is 0.222. The zero-order valence-electron chi connectivity index (χ0n) is 18.6. The first kappa shape index (κ1) is 20.9. The van der Waals surface area contributed by atoms with Crippen LogP contribution in [0.1, 0.15) is 49.7 Å². The maximum atomic E-state index is 12.8. The van der Waals surface area contributed by atoms with E-state index >= 15 is 0 Å². The van der Waals surface area contributed by atoms with Crippen molar-refractivity contribution in [2.45, 2.75) is 25.8 Å². The minimum Gasteiger partial charge on any atom is -0.348 e. The molecule has 1 N–H and O–H groups in total. The number of nitrogens with one attached hydrogen (secondary N) is 1. The topological polar surface area (TPSA) is 66.7 Å². The molecule has 0 aliphatic carbocycles. The van der Waals surface area contributed by atoms with Crippen LogP contribution in [0.4, 0.5) is 0 Å². The molecule has 33 heavy (non-hydrogen) atoms. The minimum atomic E-state index is -0.104. The Kier molecular flexibility index (Phi) is 5.65. The Labute approximate surface area is 192 Å². The maximum absolute atomic E-state index is 12.8. The van der Waals surface area contributed by atoms with Gasteiger partial charge in [-0.3, -0.25) is 9.59 Å². The van der Waals surface area contributed by atoms with Crippen molar-refractivity contribution in [2.75, 3.05) is 13.1 Å². The van der Waals surface area contributed by atoms with Crippen LogP contribution in [0.2, 0.25) is 0 Å². The smallest absolute Gasteiger partial charge is 0.253 e. The molecule has 1 aliphatic rings. The molecule has 2 aromatic heterocycles. The summed E-state index contributed by atoms with van der Waals surface area (Å²) in [5.41, 5.74) is 5.54. The molecule has 1 unspecified atom stereocenters. The SMILES string of the molecule is Cc1ccc(C(=O)N2CCC(c3ccc(C(=O)NCc4ccn5ccnc5c4)cc3)C2)cc1. The van der Waals surface area contributed by atoms with E-state index in [0.717, 1.165) is 40.9 Å². The zero-order chi connectivity index (χ0) is 22.8. The summed E-state index contributed by atoms with van der Waals surface area (Å²) in [6.07, 6.45) is 6.51. The first-order chi connectivity index (χ1) is 16.1. The number of hydrogen-bond donors (Lipinski definition) is 1. The molecule has 4 aromatic rings. The summed E-state index contributed by atoms with van der Waals surface area (Å²) in [7, 11) is 0. The van der Waals surface area contributed by atoms with Crippen LogP contribution in [0.15, 0.2) is 79.3 Å². The van der Waals surface area contributed by atoms with Gasteiger partial charge in [0.2, 0.25) is 0 Å². The number of likely N-dealkylation sites (tertiary alicyclic amines) is 1. The number of aromatic nitrogens is 2. The molecule has 3 heterocycles. The van der Waals surface area contributed by atoms with Gasteiger partial charge in [0.25, 0.3) is 11.8 Å². The third-order valence-electron chi connectivity index (χ3n) is 6.33. The monoisotopic (exact) mass is 438 g/mol. The normalized spacial score (nSPS) is 15.7. The van der Waals surface area contributed by atoms with Gasteiger partial charge in [-0.1, -0.05) is 29.8 Å². The van der Waals surface area contributed by atoms with E-state index < -0.39 is 0 Å². The number of pyridine rings is 1. The number of nitrogens with zero attached hydrogens (tertiary/aromatic N) is 3. The first-order valence-electron chi connectivity index (χ1n) is 11.2. The predicted molar refractivity (Wildman–Crippen MR) is 127 cm³/mol. The van der Waals surface area contributed by atoms with Crippen LogP contribution in [0.5, 0.6) is 0 Å². The molecule has 1 atom stereocenters. The second-order valence-electron chi connectivity index (χ2n) is 8.64. The van der Waals surface area contributed by atoms with Gasteiger partial charge in [0.15, 0.2) is 0 Å². The van der Waals surface area contributed by atoms with E-state index in [1.54, 1.807) is 6.20 Å². The predicted octanol–water partition coefficient (Wildman–Crippen LogP) is 4.20. The highest BCUT2D eigenvalue weighted by Gasteiger charge is 2.28. The number of aryl methyl sites for hydroxylation is 1. The van der Waals surface area contributed by atoms with Gasteiger partial charge in [0.1, 0.15) is 5.65 Å². The van der Waals surface area contributed by atoms with Crippen molar-refractivity contribution in [1.29, 1.82) is 0 Å². The van der Waals surface area contributed by atoms with Gasteiger partial charge < -0.3 is 14.6 Å². The molecule has 1 saturated heterocycles. The Morgan fingerprint density at radius 2 is 1.76 bits per heavy atom. The van der Waals surface area contributed by atoms with Gasteiger partial charge in [-0.15, -0.1) is 0 Å². The number of fused-ring (bicyclic) bond motifs is 1. The molecule has 0 spiro atoms. The van der Waals surface area contributed by atoms with Gasteiger partial charge in [-0.25, -0.2) is 4.98 Å². The van der Waals surface area contributed by atoms with Crippen molar-refractivity contribution in [2.24, 2.45) is 0 Å². The quantitative estimate of drug-likeness (QED) is 0.508. The van der Waals surface area contributed by atoms with Crippen LogP contribution >= 0.6 is 0 Å². The van der Waals surface area contributed by atoms with Crippen LogP contribution in [-0.4, -0.2) is 39.2 Å². The van der Waals surface area contributed by atoms with Crippen molar-refractivity contribution in [3.05, 3.63) is 107 Å². The minimum absolute atomic E-state index is 0.0852. The summed E-state index contributed by atoms with van der Waals surface area (Å²) in [5, 5.41) is 2.98. The van der Waals surface area contributed by atoms with Gasteiger partial charge in [-0.2, -0.15) is 0 Å². The van der Waals surface area contributed by atoms with Gasteiger partial charge in [-0.05, 0) is 60.9 Å². The first-order valence-corrected chi connectivity index (χ1v) is 11.2. The van der Waals surface area contributed by atoms with Gasteiger partial charge in [0.05, 0.1) is 0 Å². The average Bonchev–Trinajstić information content (AvgIpc) is 3.52. The zero-order valence-corrected chi connectivity index (χ0v) is 18.6. The number of benzene rings is 2. The summed E-state index contributed by atoms with van der Waals surface area (Å²) in [5.74, 6) is 0.271. The van der Waals surface area contributed by atoms with Crippen LogP contribution in [0.25, 0.3) is 5.65 Å². The maximum Gasteiger partial charge on any atom is 0.253 e. The summed E-state index contributed by atoms with van der Waals surface area (Å²) in [6.45, 7) is 3.92. The number of imidazole rings is 1. The van der Waals surface area contributed by atoms with Crippen LogP contribution in [0.3, 0.4) is 0 Å². The van der Waals surface area contributed by atoms with E-state index in [1.165, 1.54) is 0 Å². The highest BCUT2D eigenvalue weighted by Crippen LogP contribution is 2.28. The van der Waals surface area contributed by atoms with Gasteiger partial charge in [0, 0.05) is 55.3 Å². The number of carbonyl (C=O) groups is 2. The molecule has 0 radical (unpaired) electrons. The van der Waals surface area contributed by atoms with Crippen LogP contribution in [0, 0.1) is 6.92 Å². The van der Waals surface area contributed by atoms with E-state index in [0.29, 0.717) is 18.7 Å². The molecule has 0 saturated carbocycles. The van der Waals surface area contributed by atoms with E-state index in [9.17, 15) is 9.59 Å². The molecule has 166 valence electrons. The average molecular weight is 439 g/mol. The lowest BCUT2D eigenvalue weighted by molar-refractivity contribution is 0.0790. The lowest BCUT2D eigenvalue weighted by Crippen LogP contribution is -2.28. The Morgan fingerprint density at radius 3 is 2.55 bits per heavy atom. The largest absolute Gasteiger partial charge is 0.348 e. The van der Waals surface area contributed by atoms with E-state index in [-0.39, 0.29) is 17.7 Å². The summed E-state index contributed by atoms with van der Waals surface area (Å²) in [4.78, 5) is 31.6. The van der Waals surface area contributed by atoms with Crippen molar-refractivity contribution >= 4 is 17.5 Å². The van der Waals surface area contributed by atoms with Crippen molar-refractivity contribution in [1.82, 2.24) is 19.6 Å². The van der Waals surface area contributed by atoms with E-state index in [2.05, 4.69) is 10.3 Å². The van der Waals surface area contributed by atoms with Crippen molar-refractivity contribution in [3.8, 4) is 0 Å². The Hall–Kier alpha value is -3.93. The molecule has 2 amide bonds. The molecular weight excluding hydrogens is 412 g/mol. The highest BCUT2D eigenvalue weighted by molar-refractivity contribution is 5.95. The highest BCUT2D eigenvalue weighted by atomic mass is 16.2. The number of hydrogen-bond acceptors (Lipinski definition) is 3. The fourth-order valence-corrected chi connectivity index (χ4v) is 4.35. The lowest BCUT2D eigenvalue weighted by Gasteiger charge is -2.17. The molecule has 0 bridgehead atoms. The van der Waals surface area contributed by atoms with Crippen LogP contribution < -0.4 is 5.32 Å². The molecule has 1 aliphatic heterocycles. The second kappa shape index (κ2) is 8.90. The molecule has 6 heteroatoms. The summed E-state index contributed by atoms with van der Waals surface area (Å²) in [6, 6.07) is 19.4. The number of rotatable bonds is 5. The molecule has 5 rings (SSSR count). The second-order valence-corrected chi connectivity index (χ2v) is 8.64. The Balaban J connectivity index is 1.18. The van der Waals surface area contributed by atoms with Crippen LogP contribution in [-0.2, 0) is 6.54 Å². The van der Waals surface area contributed by atoms with Crippen molar-refractivity contribution in [3.63, 3.8) is 0 Å². The summed E-state index contributed by atoms with van der Waals surface area (Å²) < 4.78 is 1.93. The fourth-order valence-electron chi connectivity index (χ4n) is 4.35. The third-order valence-corrected chi connectivity index (χ3v) is 6.33. The van der Waals surface area contributed by atoms with E-state index in [1.807, 2.05) is 89.3 Å². The van der Waals surface area contributed by atoms with Gasteiger partial charge >= 0.3 is 0 Å². The Morgan fingerprint density at radius 1 is 1.00 bits per heavy atom. The third kappa shape index (κ3) is 4.51. The number of carbonyl (C=O) groups excluding carboxylic acids is 2. The molecule has 1 fully saturated rings. The lowest BCUT2D eigenvalue weighted by atomic mass is 9.97. The molecule has 6 nitrogen and oxygen atoms in total. The standard InChI is InChI=1S/C27H26N4O2/c1-19-2-4-23(5-3-19)27(33)31-14-11-24(18-31)21-6-8-22(9-7-21)26(32)29-17-20-10-13-30-15-12-28-25(30)16-20/h2-10,12-13,15-16,24H,11,14,17-18H2,1H3,(H,29,32). The molecule has 2 aromatic carbocycles. The number of amides is 2.